The number of halogens is 1. The van der Waals surface area contributed by atoms with Crippen molar-refractivity contribution in [2.75, 3.05) is 25.0 Å². The molecule has 2 saturated heterocycles. The van der Waals surface area contributed by atoms with Crippen molar-refractivity contribution >= 4 is 73.8 Å². The number of hydrogen-bond donors (Lipinski definition) is 4. The van der Waals surface area contributed by atoms with E-state index in [0.29, 0.717) is 37.3 Å². The predicted octanol–water partition coefficient (Wildman–Crippen LogP) is 4.64. The van der Waals surface area contributed by atoms with Crippen molar-refractivity contribution in [3.05, 3.63) is 76.0 Å². The Labute approximate surface area is 292 Å². The molecule has 1 atom stereocenters. The normalized spacial score (nSPS) is 18.5. The van der Waals surface area contributed by atoms with Gasteiger partial charge < -0.3 is 20.9 Å². The van der Waals surface area contributed by atoms with Crippen LogP contribution in [0.25, 0.3) is 16.5 Å². The third kappa shape index (κ3) is 7.56. The van der Waals surface area contributed by atoms with Crippen molar-refractivity contribution in [2.45, 2.75) is 63.5 Å². The first-order valence-corrected chi connectivity index (χ1v) is 17.4. The maximum absolute atomic E-state index is 13.0. The zero-order valence-corrected chi connectivity index (χ0v) is 28.6. The molecule has 1 aromatic heterocycles. The number of rotatable bonds is 12. The number of anilines is 1. The second kappa shape index (κ2) is 15.1. The molecule has 13 heteroatoms. The SMILES string of the molecule is N=C/C(=C\NC1CCN(C(=O)CCCCCNc2ccc3c(c2)C(=O)N(C2CCC(=O)NC2=O)C3=O)CC1)c1ccc2cccc(Br)c2n1. The van der Waals surface area contributed by atoms with Gasteiger partial charge in [0.1, 0.15) is 6.04 Å². The number of likely N-dealkylation sites (tertiary alicyclic amines) is 1. The fraction of sp³-hybridized carbons (Fsp3) is 0.361. The van der Waals surface area contributed by atoms with E-state index < -0.39 is 29.7 Å². The highest BCUT2D eigenvalue weighted by molar-refractivity contribution is 9.10. The molecule has 5 amide bonds. The lowest BCUT2D eigenvalue weighted by Gasteiger charge is -2.32. The molecule has 0 bridgehead atoms. The van der Waals surface area contributed by atoms with Crippen LogP contribution in [-0.2, 0) is 14.4 Å². The van der Waals surface area contributed by atoms with Gasteiger partial charge in [-0.05, 0) is 78.4 Å². The van der Waals surface area contributed by atoms with Crippen LogP contribution in [0.5, 0.6) is 0 Å². The number of pyridine rings is 1. The summed E-state index contributed by atoms with van der Waals surface area (Å²) in [5.41, 5.74) is 3.46. The van der Waals surface area contributed by atoms with Crippen LogP contribution in [0, 0.1) is 5.41 Å². The Morgan fingerprint density at radius 2 is 1.78 bits per heavy atom. The number of para-hydroxylation sites is 1. The van der Waals surface area contributed by atoms with Gasteiger partial charge >= 0.3 is 0 Å². The summed E-state index contributed by atoms with van der Waals surface area (Å²) in [6.07, 6.45) is 7.97. The first-order valence-electron chi connectivity index (χ1n) is 16.6. The molecule has 0 aliphatic carbocycles. The molecule has 1 unspecified atom stereocenters. The number of carbonyl (C=O) groups excluding carboxylic acids is 5. The molecule has 0 saturated carbocycles. The monoisotopic (exact) mass is 727 g/mol. The Bertz CT molecular complexity index is 1850. The summed E-state index contributed by atoms with van der Waals surface area (Å²) in [5, 5.41) is 17.9. The smallest absolute Gasteiger partial charge is 0.262 e. The van der Waals surface area contributed by atoms with Gasteiger partial charge in [0.15, 0.2) is 0 Å². The molecule has 49 heavy (non-hydrogen) atoms. The number of allylic oxidation sites excluding steroid dienone is 1. The topological polar surface area (TPSA) is 165 Å². The number of aromatic nitrogens is 1. The van der Waals surface area contributed by atoms with Gasteiger partial charge in [-0.3, -0.25) is 34.2 Å². The molecular weight excluding hydrogens is 690 g/mol. The van der Waals surface area contributed by atoms with Gasteiger partial charge in [0.2, 0.25) is 17.7 Å². The van der Waals surface area contributed by atoms with Crippen LogP contribution < -0.4 is 16.0 Å². The Kier molecular flexibility index (Phi) is 10.5. The van der Waals surface area contributed by atoms with Gasteiger partial charge in [0.05, 0.1) is 22.3 Å². The van der Waals surface area contributed by atoms with Crippen molar-refractivity contribution < 1.29 is 24.0 Å². The van der Waals surface area contributed by atoms with Gasteiger partial charge in [-0.2, -0.15) is 0 Å². The summed E-state index contributed by atoms with van der Waals surface area (Å²) in [6.45, 7) is 2.02. The molecule has 3 aliphatic heterocycles. The molecule has 12 nitrogen and oxygen atoms in total. The minimum atomic E-state index is -0.988. The molecule has 6 rings (SSSR count). The fourth-order valence-corrected chi connectivity index (χ4v) is 6.98. The second-order valence-electron chi connectivity index (χ2n) is 12.5. The average molecular weight is 729 g/mol. The van der Waals surface area contributed by atoms with Crippen LogP contribution in [0.4, 0.5) is 5.69 Å². The van der Waals surface area contributed by atoms with Crippen molar-refractivity contribution in [1.29, 1.82) is 5.41 Å². The van der Waals surface area contributed by atoms with Crippen LogP contribution >= 0.6 is 15.9 Å². The molecule has 4 heterocycles. The first-order chi connectivity index (χ1) is 23.7. The number of nitrogens with zero attached hydrogens (tertiary/aromatic N) is 3. The van der Waals surface area contributed by atoms with E-state index in [1.807, 2.05) is 41.4 Å². The molecule has 2 aromatic carbocycles. The number of amides is 5. The zero-order valence-electron chi connectivity index (χ0n) is 27.0. The number of nitrogens with one attached hydrogen (secondary N) is 4. The minimum absolute atomic E-state index is 0.0779. The zero-order chi connectivity index (χ0) is 34.5. The summed E-state index contributed by atoms with van der Waals surface area (Å²) in [5.74, 6) is -1.93. The van der Waals surface area contributed by atoms with E-state index in [1.54, 1.807) is 18.2 Å². The van der Waals surface area contributed by atoms with Crippen LogP contribution in [-0.4, -0.2) is 82.3 Å². The minimum Gasteiger partial charge on any atom is -0.387 e. The molecule has 2 fully saturated rings. The fourth-order valence-electron chi connectivity index (χ4n) is 6.51. The average Bonchev–Trinajstić information content (AvgIpc) is 3.35. The number of fused-ring (bicyclic) bond motifs is 2. The third-order valence-electron chi connectivity index (χ3n) is 9.28. The van der Waals surface area contributed by atoms with E-state index in [1.165, 1.54) is 6.21 Å². The molecule has 0 spiro atoms. The lowest BCUT2D eigenvalue weighted by atomic mass is 10.0. The standard InChI is InChI=1S/C36H38BrN7O5/c37-28-6-4-5-22-8-11-29(41-33(22)28)23(20-38)21-40-24-14-17-43(18-15-24)32(46)7-2-1-3-16-39-25-9-10-26-27(19-25)36(49)44(35(26)48)30-12-13-31(45)42-34(30)47/h4-6,8-11,19-21,24,30,38-40H,1-3,7,12-18H2,(H,42,45,47)/b23-21+,38-20?. The Balaban J connectivity index is 0.896. The van der Waals surface area contributed by atoms with E-state index in [9.17, 15) is 24.0 Å². The molecule has 254 valence electrons. The van der Waals surface area contributed by atoms with Gasteiger partial charge in [-0.25, -0.2) is 4.98 Å². The van der Waals surface area contributed by atoms with Crippen molar-refractivity contribution in [1.82, 2.24) is 25.4 Å². The number of carbonyl (C=O) groups is 5. The molecular formula is C36H38BrN7O5. The van der Waals surface area contributed by atoms with Crippen LogP contribution in [0.2, 0.25) is 0 Å². The van der Waals surface area contributed by atoms with E-state index in [-0.39, 0.29) is 35.9 Å². The Morgan fingerprint density at radius 3 is 2.55 bits per heavy atom. The lowest BCUT2D eigenvalue weighted by Crippen LogP contribution is -2.54. The maximum Gasteiger partial charge on any atom is 0.262 e. The second-order valence-corrected chi connectivity index (χ2v) is 13.4. The number of imide groups is 2. The summed E-state index contributed by atoms with van der Waals surface area (Å²) < 4.78 is 0.911. The number of hydrogen-bond acceptors (Lipinski definition) is 9. The van der Waals surface area contributed by atoms with Gasteiger partial charge in [-0.15, -0.1) is 0 Å². The highest BCUT2D eigenvalue weighted by Crippen LogP contribution is 2.30. The van der Waals surface area contributed by atoms with Crippen molar-refractivity contribution in [3.8, 4) is 0 Å². The van der Waals surface area contributed by atoms with Crippen molar-refractivity contribution in [3.63, 3.8) is 0 Å². The van der Waals surface area contributed by atoms with E-state index in [4.69, 9.17) is 10.4 Å². The number of unbranched alkanes of at least 4 members (excludes halogenated alkanes) is 2. The highest BCUT2D eigenvalue weighted by Gasteiger charge is 2.44. The quantitative estimate of drug-likeness (QED) is 0.119. The van der Waals surface area contributed by atoms with Crippen LogP contribution in [0.15, 0.2) is 59.2 Å². The van der Waals surface area contributed by atoms with Crippen LogP contribution in [0.3, 0.4) is 0 Å². The highest BCUT2D eigenvalue weighted by atomic mass is 79.9. The molecule has 3 aliphatic rings. The summed E-state index contributed by atoms with van der Waals surface area (Å²) in [4.78, 5) is 70.2. The maximum atomic E-state index is 13.0. The van der Waals surface area contributed by atoms with E-state index in [0.717, 1.165) is 58.1 Å². The van der Waals surface area contributed by atoms with Crippen LogP contribution in [0.1, 0.15) is 77.8 Å². The van der Waals surface area contributed by atoms with E-state index in [2.05, 4.69) is 31.9 Å². The molecule has 0 radical (unpaired) electrons. The summed E-state index contributed by atoms with van der Waals surface area (Å²) in [6, 6.07) is 14.0. The number of piperidine rings is 2. The number of benzene rings is 2. The third-order valence-corrected chi connectivity index (χ3v) is 9.92. The first kappa shape index (κ1) is 34.0. The molecule has 4 N–H and O–H groups in total. The van der Waals surface area contributed by atoms with Gasteiger partial charge in [0, 0.05) is 72.1 Å². The van der Waals surface area contributed by atoms with Gasteiger partial charge in [-0.1, -0.05) is 24.6 Å². The van der Waals surface area contributed by atoms with Gasteiger partial charge in [0.25, 0.3) is 11.8 Å². The largest absolute Gasteiger partial charge is 0.387 e. The summed E-state index contributed by atoms with van der Waals surface area (Å²) >= 11 is 3.56. The lowest BCUT2D eigenvalue weighted by molar-refractivity contribution is -0.136. The summed E-state index contributed by atoms with van der Waals surface area (Å²) in [7, 11) is 0. The van der Waals surface area contributed by atoms with E-state index >= 15 is 0 Å². The predicted molar refractivity (Wildman–Crippen MR) is 189 cm³/mol. The Hall–Kier alpha value is -4.91. The molecule has 3 aromatic rings. The van der Waals surface area contributed by atoms with Crippen molar-refractivity contribution in [2.24, 2.45) is 0 Å². The Morgan fingerprint density at radius 1 is 0.980 bits per heavy atom.